The van der Waals surface area contributed by atoms with E-state index in [4.69, 9.17) is 11.6 Å². The van der Waals surface area contributed by atoms with E-state index in [0.717, 1.165) is 11.3 Å². The predicted molar refractivity (Wildman–Crippen MR) is 99.8 cm³/mol. The van der Waals surface area contributed by atoms with Gasteiger partial charge in [-0.2, -0.15) is 0 Å². The molecule has 25 heavy (non-hydrogen) atoms. The molecule has 0 aromatic carbocycles. The summed E-state index contributed by atoms with van der Waals surface area (Å²) < 4.78 is 26.7. The third-order valence-electron chi connectivity index (χ3n) is 3.68. The van der Waals surface area contributed by atoms with E-state index in [1.54, 1.807) is 12.3 Å². The van der Waals surface area contributed by atoms with Crippen molar-refractivity contribution in [1.82, 2.24) is 15.0 Å². The lowest BCUT2D eigenvalue weighted by atomic mass is 9.91. The fraction of sp³-hybridized carbons (Fsp3) is 0.389. The predicted octanol–water partition coefficient (Wildman–Crippen LogP) is 4.46. The van der Waals surface area contributed by atoms with E-state index in [1.165, 1.54) is 6.26 Å². The molecule has 2 heterocycles. The standard InChI is InChI=1S/C18H21ClFN3OS/c1-7-12(13-8-11(19)9-21-10(13)2)16-22-15(18(3,4)5)14(20)17(23-16)25(6)24/h7-9H,1-6H3/b12-7+. The lowest BCUT2D eigenvalue weighted by Crippen LogP contribution is -2.20. The highest BCUT2D eigenvalue weighted by molar-refractivity contribution is 7.84. The SMILES string of the molecule is C/C=C(/c1nc(S(C)=O)c(F)c(C(C)(C)C)n1)c1cc(Cl)cnc1C. The molecule has 2 aromatic rings. The van der Waals surface area contributed by atoms with Gasteiger partial charge in [0.25, 0.3) is 0 Å². The molecule has 1 atom stereocenters. The molecule has 4 nitrogen and oxygen atoms in total. The number of nitrogens with zero attached hydrogens (tertiary/aromatic N) is 3. The van der Waals surface area contributed by atoms with Crippen LogP contribution in [0.2, 0.25) is 5.02 Å². The fourth-order valence-corrected chi connectivity index (χ4v) is 3.14. The average molecular weight is 382 g/mol. The smallest absolute Gasteiger partial charge is 0.179 e. The lowest BCUT2D eigenvalue weighted by molar-refractivity contribution is 0.476. The minimum Gasteiger partial charge on any atom is -0.259 e. The Morgan fingerprint density at radius 1 is 1.32 bits per heavy atom. The van der Waals surface area contributed by atoms with E-state index in [2.05, 4.69) is 15.0 Å². The van der Waals surface area contributed by atoms with Gasteiger partial charge < -0.3 is 0 Å². The summed E-state index contributed by atoms with van der Waals surface area (Å²) in [6.07, 6.45) is 4.79. The number of aromatic nitrogens is 3. The maximum Gasteiger partial charge on any atom is 0.179 e. The fourth-order valence-electron chi connectivity index (χ4n) is 2.42. The van der Waals surface area contributed by atoms with Gasteiger partial charge in [-0.25, -0.2) is 14.4 Å². The van der Waals surface area contributed by atoms with Crippen LogP contribution in [0.4, 0.5) is 4.39 Å². The first-order chi connectivity index (χ1) is 11.6. The van der Waals surface area contributed by atoms with Gasteiger partial charge in [0.1, 0.15) is 0 Å². The van der Waals surface area contributed by atoms with E-state index in [1.807, 2.05) is 40.7 Å². The lowest BCUT2D eigenvalue weighted by Gasteiger charge is -2.21. The van der Waals surface area contributed by atoms with Crippen molar-refractivity contribution in [1.29, 1.82) is 0 Å². The number of pyridine rings is 1. The van der Waals surface area contributed by atoms with Crippen molar-refractivity contribution in [3.63, 3.8) is 0 Å². The Bertz CT molecular complexity index is 875. The Hall–Kier alpha value is -1.66. The van der Waals surface area contributed by atoms with Gasteiger partial charge in [0.05, 0.1) is 21.5 Å². The maximum absolute atomic E-state index is 14.7. The summed E-state index contributed by atoms with van der Waals surface area (Å²) in [5.74, 6) is -0.306. The molecule has 0 spiro atoms. The first kappa shape index (κ1) is 19.7. The van der Waals surface area contributed by atoms with Crippen molar-refractivity contribution in [2.24, 2.45) is 0 Å². The number of halogens is 2. The Kier molecular flexibility index (Phi) is 5.74. The molecule has 0 aliphatic carbocycles. The van der Waals surface area contributed by atoms with Gasteiger partial charge in [0.2, 0.25) is 0 Å². The van der Waals surface area contributed by atoms with Gasteiger partial charge in [0, 0.05) is 34.7 Å². The number of hydrogen-bond acceptors (Lipinski definition) is 4. The molecule has 7 heteroatoms. The van der Waals surface area contributed by atoms with Gasteiger partial charge in [-0.3, -0.25) is 9.19 Å². The topological polar surface area (TPSA) is 55.7 Å². The summed E-state index contributed by atoms with van der Waals surface area (Å²) in [6.45, 7) is 9.24. The van der Waals surface area contributed by atoms with E-state index < -0.39 is 22.0 Å². The first-order valence-corrected chi connectivity index (χ1v) is 9.70. The van der Waals surface area contributed by atoms with Gasteiger partial charge in [-0.1, -0.05) is 38.4 Å². The van der Waals surface area contributed by atoms with Gasteiger partial charge >= 0.3 is 0 Å². The van der Waals surface area contributed by atoms with Crippen molar-refractivity contribution < 1.29 is 8.60 Å². The molecule has 0 saturated heterocycles. The Balaban J connectivity index is 2.78. The van der Waals surface area contributed by atoms with E-state index in [0.29, 0.717) is 16.4 Å². The molecule has 0 radical (unpaired) electrons. The Labute approximate surface area is 155 Å². The van der Waals surface area contributed by atoms with Crippen LogP contribution in [-0.2, 0) is 16.2 Å². The zero-order chi connectivity index (χ0) is 18.9. The molecule has 1 unspecified atom stereocenters. The molecule has 0 N–H and O–H groups in total. The summed E-state index contributed by atoms with van der Waals surface area (Å²) in [6, 6.07) is 1.77. The summed E-state index contributed by atoms with van der Waals surface area (Å²) in [5, 5.41) is 0.388. The second-order valence-corrected chi connectivity index (χ2v) is 8.44. The molecule has 134 valence electrons. The Morgan fingerprint density at radius 2 is 1.96 bits per heavy atom. The number of rotatable bonds is 3. The molecule has 2 aromatic heterocycles. The molecule has 0 amide bonds. The monoisotopic (exact) mass is 381 g/mol. The first-order valence-electron chi connectivity index (χ1n) is 7.77. The van der Waals surface area contributed by atoms with Crippen LogP contribution in [0.1, 0.15) is 50.5 Å². The van der Waals surface area contributed by atoms with Gasteiger partial charge in [-0.15, -0.1) is 0 Å². The highest BCUT2D eigenvalue weighted by Crippen LogP contribution is 2.30. The zero-order valence-corrected chi connectivity index (χ0v) is 16.7. The van der Waals surface area contributed by atoms with Crippen LogP contribution in [0.25, 0.3) is 5.57 Å². The van der Waals surface area contributed by atoms with Crippen molar-refractivity contribution in [2.75, 3.05) is 6.26 Å². The molecule has 0 bridgehead atoms. The highest BCUT2D eigenvalue weighted by atomic mass is 35.5. The second-order valence-electron chi connectivity index (χ2n) is 6.71. The summed E-state index contributed by atoms with van der Waals surface area (Å²) in [4.78, 5) is 12.9. The van der Waals surface area contributed by atoms with Crippen molar-refractivity contribution in [3.8, 4) is 0 Å². The number of hydrogen-bond donors (Lipinski definition) is 0. The van der Waals surface area contributed by atoms with Crippen molar-refractivity contribution >= 4 is 28.0 Å². The van der Waals surface area contributed by atoms with Gasteiger partial charge in [0.15, 0.2) is 16.7 Å². The molecule has 0 saturated carbocycles. The number of allylic oxidation sites excluding steroid dienone is 1. The molecular formula is C18H21ClFN3OS. The molecule has 0 aliphatic heterocycles. The number of aryl methyl sites for hydroxylation is 1. The molecule has 0 aliphatic rings. The minimum absolute atomic E-state index is 0.0954. The summed E-state index contributed by atoms with van der Waals surface area (Å²) in [7, 11) is -1.58. The van der Waals surface area contributed by atoms with Crippen LogP contribution in [0.3, 0.4) is 0 Å². The largest absolute Gasteiger partial charge is 0.259 e. The maximum atomic E-state index is 14.7. The summed E-state index contributed by atoms with van der Waals surface area (Å²) in [5.41, 5.74) is 1.85. The average Bonchev–Trinajstić information content (AvgIpc) is 2.51. The second kappa shape index (κ2) is 7.30. The van der Waals surface area contributed by atoms with E-state index in [9.17, 15) is 8.60 Å². The molecular weight excluding hydrogens is 361 g/mol. The van der Waals surface area contributed by atoms with Gasteiger partial charge in [-0.05, 0) is 19.9 Å². The molecule has 0 fully saturated rings. The van der Waals surface area contributed by atoms with Crippen LogP contribution in [0.5, 0.6) is 0 Å². The van der Waals surface area contributed by atoms with Crippen molar-refractivity contribution in [3.05, 3.63) is 52.0 Å². The van der Waals surface area contributed by atoms with Crippen LogP contribution in [-0.4, -0.2) is 25.4 Å². The minimum atomic E-state index is -1.58. The Morgan fingerprint density at radius 3 is 2.48 bits per heavy atom. The van der Waals surface area contributed by atoms with Crippen LogP contribution >= 0.6 is 11.6 Å². The summed E-state index contributed by atoms with van der Waals surface area (Å²) >= 11 is 6.08. The van der Waals surface area contributed by atoms with E-state index >= 15 is 0 Å². The zero-order valence-electron chi connectivity index (χ0n) is 15.1. The van der Waals surface area contributed by atoms with Crippen LogP contribution in [0, 0.1) is 12.7 Å². The van der Waals surface area contributed by atoms with E-state index in [-0.39, 0.29) is 10.7 Å². The normalized spacial score (nSPS) is 13.8. The quantitative estimate of drug-likeness (QED) is 0.736. The van der Waals surface area contributed by atoms with Crippen LogP contribution < -0.4 is 0 Å². The highest BCUT2D eigenvalue weighted by Gasteiger charge is 2.27. The van der Waals surface area contributed by atoms with Crippen molar-refractivity contribution in [2.45, 2.75) is 45.1 Å². The third-order valence-corrected chi connectivity index (χ3v) is 4.70. The third kappa shape index (κ3) is 4.12. The van der Waals surface area contributed by atoms with Crippen LogP contribution in [0.15, 0.2) is 23.4 Å². The molecule has 2 rings (SSSR count).